The quantitative estimate of drug-likeness (QED) is 0.777. The molecule has 2 fully saturated rings. The summed E-state index contributed by atoms with van der Waals surface area (Å²) < 4.78 is 27.3. The number of hydrogen-bond donors (Lipinski definition) is 1. The third-order valence-electron chi connectivity index (χ3n) is 7.18. The van der Waals surface area contributed by atoms with Gasteiger partial charge in [0, 0.05) is 19.0 Å². The topological polar surface area (TPSA) is 78.8 Å². The summed E-state index contributed by atoms with van der Waals surface area (Å²) in [7, 11) is -3.44. The fourth-order valence-electron chi connectivity index (χ4n) is 5.10. The third-order valence-corrected chi connectivity index (χ3v) is 8.94. The first-order chi connectivity index (χ1) is 14.9. The number of benzene rings is 2. The number of nitrogens with zero attached hydrogens (tertiary/aromatic N) is 2. The van der Waals surface area contributed by atoms with Gasteiger partial charge in [0.1, 0.15) is 5.84 Å². The van der Waals surface area contributed by atoms with Crippen LogP contribution in [0.15, 0.2) is 47.5 Å². The van der Waals surface area contributed by atoms with Crippen LogP contribution >= 0.6 is 0 Å². The number of carbonyl (C=O) groups excluding carboxylic acids is 1. The average Bonchev–Trinajstić information content (AvgIpc) is 3.09. The molecule has 0 unspecified atom stereocenters. The van der Waals surface area contributed by atoms with Crippen molar-refractivity contribution in [1.29, 1.82) is 0 Å². The van der Waals surface area contributed by atoms with Crippen molar-refractivity contribution in [2.45, 2.75) is 44.6 Å². The van der Waals surface area contributed by atoms with Crippen LogP contribution in [0.5, 0.6) is 0 Å². The molecule has 2 heterocycles. The van der Waals surface area contributed by atoms with Crippen LogP contribution in [0, 0.1) is 11.8 Å². The monoisotopic (exact) mass is 439 g/mol. The minimum absolute atomic E-state index is 0.0375. The molecule has 2 aromatic carbocycles. The minimum atomic E-state index is -3.44. The second-order valence-corrected chi connectivity index (χ2v) is 11.5. The fraction of sp³-hybridized carbons (Fsp3) is 0.500. The molecule has 1 aliphatic carbocycles. The number of rotatable bonds is 5. The Balaban J connectivity index is 1.24. The molecule has 0 radical (unpaired) electrons. The summed E-state index contributed by atoms with van der Waals surface area (Å²) in [6, 6.07) is 14.0. The molecule has 0 aromatic heterocycles. The molecule has 2 aromatic rings. The van der Waals surface area contributed by atoms with Crippen molar-refractivity contribution < 1.29 is 13.2 Å². The molecule has 1 saturated heterocycles. The average molecular weight is 440 g/mol. The van der Waals surface area contributed by atoms with Gasteiger partial charge in [-0.15, -0.1) is 0 Å². The zero-order valence-electron chi connectivity index (χ0n) is 17.9. The molecule has 1 N–H and O–H groups in total. The van der Waals surface area contributed by atoms with Gasteiger partial charge >= 0.3 is 0 Å². The van der Waals surface area contributed by atoms with Crippen LogP contribution in [0.4, 0.5) is 0 Å². The molecule has 31 heavy (non-hydrogen) atoms. The van der Waals surface area contributed by atoms with E-state index in [2.05, 4.69) is 12.2 Å². The highest BCUT2D eigenvalue weighted by molar-refractivity contribution is 7.89. The molecule has 0 bridgehead atoms. The lowest BCUT2D eigenvalue weighted by atomic mass is 9.82. The Labute approximate surface area is 183 Å². The van der Waals surface area contributed by atoms with Gasteiger partial charge < -0.3 is 5.32 Å². The van der Waals surface area contributed by atoms with E-state index in [4.69, 9.17) is 4.99 Å². The number of amidine groups is 1. The molecule has 1 amide bonds. The lowest BCUT2D eigenvalue weighted by molar-refractivity contribution is -0.127. The summed E-state index contributed by atoms with van der Waals surface area (Å²) in [5.74, 6) is 1.72. The van der Waals surface area contributed by atoms with Crippen LogP contribution in [0.2, 0.25) is 0 Å². The molecular formula is C24H29N3O3S. The van der Waals surface area contributed by atoms with Crippen LogP contribution in [0.3, 0.4) is 0 Å². The minimum Gasteiger partial charge on any atom is -0.312 e. The number of hydrogen-bond acceptors (Lipinski definition) is 4. The number of nitrogens with one attached hydrogen (secondary N) is 1. The third kappa shape index (κ3) is 3.78. The van der Waals surface area contributed by atoms with Crippen LogP contribution in [-0.2, 0) is 21.2 Å². The van der Waals surface area contributed by atoms with Crippen molar-refractivity contribution in [3.05, 3.63) is 48.0 Å². The van der Waals surface area contributed by atoms with Crippen molar-refractivity contribution in [1.82, 2.24) is 9.62 Å². The van der Waals surface area contributed by atoms with Gasteiger partial charge in [0.15, 0.2) is 5.54 Å². The Morgan fingerprint density at radius 1 is 1.06 bits per heavy atom. The van der Waals surface area contributed by atoms with E-state index in [1.165, 1.54) is 4.31 Å². The van der Waals surface area contributed by atoms with Crippen molar-refractivity contribution in [3.8, 4) is 0 Å². The normalized spacial score (nSPS) is 26.0. The Morgan fingerprint density at radius 2 is 1.77 bits per heavy atom. The highest BCUT2D eigenvalue weighted by Gasteiger charge is 2.56. The molecule has 2 aliphatic heterocycles. The van der Waals surface area contributed by atoms with Crippen LogP contribution < -0.4 is 5.32 Å². The Bertz CT molecular complexity index is 1140. The predicted molar refractivity (Wildman–Crippen MR) is 122 cm³/mol. The second-order valence-electron chi connectivity index (χ2n) is 9.41. The van der Waals surface area contributed by atoms with Gasteiger partial charge in [-0.25, -0.2) is 8.42 Å². The number of fused-ring (bicyclic) bond motifs is 1. The van der Waals surface area contributed by atoms with Crippen molar-refractivity contribution in [3.63, 3.8) is 0 Å². The first kappa shape index (κ1) is 20.6. The molecule has 7 heteroatoms. The van der Waals surface area contributed by atoms with Crippen LogP contribution in [0.25, 0.3) is 10.8 Å². The smallest absolute Gasteiger partial charge is 0.256 e. The zero-order valence-corrected chi connectivity index (χ0v) is 18.7. The zero-order chi connectivity index (χ0) is 21.6. The molecular weight excluding hydrogens is 410 g/mol. The van der Waals surface area contributed by atoms with Crippen molar-refractivity contribution >= 4 is 32.5 Å². The van der Waals surface area contributed by atoms with Gasteiger partial charge in [0.25, 0.3) is 5.91 Å². The highest BCUT2D eigenvalue weighted by atomic mass is 32.2. The van der Waals surface area contributed by atoms with E-state index in [9.17, 15) is 13.2 Å². The summed E-state index contributed by atoms with van der Waals surface area (Å²) in [6.45, 7) is 2.58. The standard InChI is InChI=1S/C24H29N3O3S/c1-17-9-11-20(12-10-17)22-25-23(28)24(26-22)15-27(16-24)31(29,30)14-13-19-7-4-6-18-5-2-3-8-21(18)19/h2-8,17,20H,9-16H2,1H3,(H,25,26,28)/t17-,20+. The van der Waals surface area contributed by atoms with E-state index in [0.29, 0.717) is 12.3 Å². The molecule has 164 valence electrons. The Morgan fingerprint density at radius 3 is 2.55 bits per heavy atom. The van der Waals surface area contributed by atoms with Gasteiger partial charge in [-0.3, -0.25) is 9.79 Å². The van der Waals surface area contributed by atoms with Gasteiger partial charge in [-0.1, -0.05) is 62.2 Å². The largest absolute Gasteiger partial charge is 0.312 e. The van der Waals surface area contributed by atoms with Gasteiger partial charge in [-0.2, -0.15) is 4.31 Å². The molecule has 1 saturated carbocycles. The summed E-state index contributed by atoms with van der Waals surface area (Å²) in [5, 5.41) is 5.17. The first-order valence-electron chi connectivity index (χ1n) is 11.2. The molecule has 6 nitrogen and oxygen atoms in total. The molecule has 5 rings (SSSR count). The van der Waals surface area contributed by atoms with E-state index in [-0.39, 0.29) is 24.7 Å². The van der Waals surface area contributed by atoms with E-state index in [1.54, 1.807) is 0 Å². The number of aryl methyl sites for hydroxylation is 1. The van der Waals surface area contributed by atoms with Crippen LogP contribution in [0.1, 0.15) is 38.2 Å². The molecule has 1 spiro atoms. The van der Waals surface area contributed by atoms with Gasteiger partial charge in [0.2, 0.25) is 10.0 Å². The van der Waals surface area contributed by atoms with Crippen LogP contribution in [-0.4, -0.2) is 48.8 Å². The highest BCUT2D eigenvalue weighted by Crippen LogP contribution is 2.36. The van der Waals surface area contributed by atoms with Gasteiger partial charge in [0.05, 0.1) is 5.75 Å². The summed E-state index contributed by atoms with van der Waals surface area (Å²) in [6.07, 6.45) is 4.85. The van der Waals surface area contributed by atoms with E-state index in [1.807, 2.05) is 42.5 Å². The SMILES string of the molecule is C[C@H]1CC[C@@H](C2=NC3(CN(S(=O)(=O)CCc4cccc5ccccc45)C3)C(=O)N2)CC1. The van der Waals surface area contributed by atoms with Crippen molar-refractivity contribution in [2.24, 2.45) is 16.8 Å². The Kier molecular flexibility index (Phi) is 5.13. The summed E-state index contributed by atoms with van der Waals surface area (Å²) in [4.78, 5) is 17.4. The lowest BCUT2D eigenvalue weighted by Crippen LogP contribution is -2.66. The maximum atomic E-state index is 12.9. The second kappa shape index (κ2) is 7.71. The first-order valence-corrected chi connectivity index (χ1v) is 12.8. The van der Waals surface area contributed by atoms with E-state index >= 15 is 0 Å². The predicted octanol–water partition coefficient (Wildman–Crippen LogP) is 3.12. The maximum Gasteiger partial charge on any atom is 0.256 e. The Hall–Kier alpha value is -2.25. The molecule has 0 atom stereocenters. The summed E-state index contributed by atoms with van der Waals surface area (Å²) in [5.41, 5.74) is 0.118. The maximum absolute atomic E-state index is 12.9. The number of amides is 1. The molecule has 3 aliphatic rings. The van der Waals surface area contributed by atoms with E-state index in [0.717, 1.165) is 53.8 Å². The number of sulfonamides is 1. The lowest BCUT2D eigenvalue weighted by Gasteiger charge is -2.42. The van der Waals surface area contributed by atoms with Gasteiger partial charge in [-0.05, 0) is 41.5 Å². The number of aliphatic imine (C=N–C) groups is 1. The summed E-state index contributed by atoms with van der Waals surface area (Å²) >= 11 is 0. The van der Waals surface area contributed by atoms with E-state index < -0.39 is 15.6 Å². The number of carbonyl (C=O) groups is 1. The van der Waals surface area contributed by atoms with Crippen molar-refractivity contribution in [2.75, 3.05) is 18.8 Å². The fourth-order valence-corrected chi connectivity index (χ4v) is 6.65.